The molecule has 0 aliphatic carbocycles. The van der Waals surface area contributed by atoms with E-state index >= 15 is 0 Å². The third-order valence-corrected chi connectivity index (χ3v) is 4.00. The summed E-state index contributed by atoms with van der Waals surface area (Å²) < 4.78 is 1.84. The predicted molar refractivity (Wildman–Crippen MR) is 74.1 cm³/mol. The van der Waals surface area contributed by atoms with E-state index in [0.717, 1.165) is 38.2 Å². The molecule has 0 atom stereocenters. The first-order chi connectivity index (χ1) is 8.63. The molecule has 5 heteroatoms. The fraction of sp³-hybridized carbons (Fsp3) is 0.846. The molecule has 5 nitrogen and oxygen atoms in total. The zero-order valence-electron chi connectivity index (χ0n) is 12.2. The lowest BCUT2D eigenvalue weighted by Crippen LogP contribution is -2.53. The molecular formula is C13H27N5. The monoisotopic (exact) mass is 253 g/mol. The molecule has 0 aliphatic heterocycles. The molecule has 0 aliphatic rings. The van der Waals surface area contributed by atoms with Crippen molar-refractivity contribution >= 4 is 0 Å². The molecular weight excluding hydrogens is 226 g/mol. The molecule has 1 aromatic rings. The van der Waals surface area contributed by atoms with Gasteiger partial charge in [-0.3, -0.25) is 9.58 Å². The molecule has 1 rings (SSSR count). The quantitative estimate of drug-likeness (QED) is 0.763. The first kappa shape index (κ1) is 15.1. The Balaban J connectivity index is 2.90. The van der Waals surface area contributed by atoms with E-state index in [9.17, 15) is 0 Å². The van der Waals surface area contributed by atoms with Gasteiger partial charge < -0.3 is 5.73 Å². The van der Waals surface area contributed by atoms with Crippen LogP contribution in [0, 0.1) is 0 Å². The number of nitrogens with two attached hydrogens (primary N) is 1. The van der Waals surface area contributed by atoms with Crippen molar-refractivity contribution in [2.75, 3.05) is 13.1 Å². The third-order valence-electron chi connectivity index (χ3n) is 4.00. The summed E-state index contributed by atoms with van der Waals surface area (Å²) in [7, 11) is 1.94. The molecule has 0 fully saturated rings. The second kappa shape index (κ2) is 6.85. The van der Waals surface area contributed by atoms with Crippen LogP contribution in [0.1, 0.15) is 45.9 Å². The lowest BCUT2D eigenvalue weighted by molar-refractivity contribution is 0.0727. The van der Waals surface area contributed by atoms with Crippen LogP contribution in [0.5, 0.6) is 0 Å². The standard InChI is InChI=1S/C13H27N5/c1-5-8-18(13(6-2,7-3)10-14)9-12-15-11-16-17(12)4/h11H,5-10,14H2,1-4H3. The Kier molecular flexibility index (Phi) is 5.75. The Morgan fingerprint density at radius 3 is 2.39 bits per heavy atom. The molecule has 1 aromatic heterocycles. The maximum absolute atomic E-state index is 6.04. The number of hydrogen-bond donors (Lipinski definition) is 1. The minimum Gasteiger partial charge on any atom is -0.329 e. The first-order valence-corrected chi connectivity index (χ1v) is 6.91. The van der Waals surface area contributed by atoms with Gasteiger partial charge in [-0.25, -0.2) is 4.98 Å². The highest BCUT2D eigenvalue weighted by molar-refractivity contribution is 4.93. The van der Waals surface area contributed by atoms with Gasteiger partial charge in [-0.15, -0.1) is 0 Å². The van der Waals surface area contributed by atoms with Crippen molar-refractivity contribution in [3.8, 4) is 0 Å². The Hall–Kier alpha value is -0.940. The highest BCUT2D eigenvalue weighted by atomic mass is 15.3. The van der Waals surface area contributed by atoms with Gasteiger partial charge in [0.15, 0.2) is 0 Å². The van der Waals surface area contributed by atoms with Crippen molar-refractivity contribution < 1.29 is 0 Å². The van der Waals surface area contributed by atoms with Crippen LogP contribution in [0.15, 0.2) is 6.33 Å². The van der Waals surface area contributed by atoms with Crippen LogP contribution < -0.4 is 5.73 Å². The van der Waals surface area contributed by atoms with E-state index in [-0.39, 0.29) is 5.54 Å². The molecule has 0 unspecified atom stereocenters. The number of aromatic nitrogens is 3. The number of nitrogens with zero attached hydrogens (tertiary/aromatic N) is 4. The average Bonchev–Trinajstić information content (AvgIpc) is 2.78. The normalized spacial score (nSPS) is 12.3. The van der Waals surface area contributed by atoms with Gasteiger partial charge in [0, 0.05) is 19.1 Å². The SMILES string of the molecule is CCCN(Cc1ncnn1C)C(CC)(CC)CN. The zero-order chi connectivity index (χ0) is 13.6. The molecule has 0 bridgehead atoms. The van der Waals surface area contributed by atoms with Crippen LogP contribution in [0.4, 0.5) is 0 Å². The minimum atomic E-state index is 0.0853. The van der Waals surface area contributed by atoms with Gasteiger partial charge in [0.1, 0.15) is 12.2 Å². The van der Waals surface area contributed by atoms with Crippen molar-refractivity contribution in [1.82, 2.24) is 19.7 Å². The third kappa shape index (κ3) is 3.09. The molecule has 0 spiro atoms. The molecule has 0 radical (unpaired) electrons. The van der Waals surface area contributed by atoms with Gasteiger partial charge in [-0.1, -0.05) is 20.8 Å². The van der Waals surface area contributed by atoms with Crippen molar-refractivity contribution in [3.05, 3.63) is 12.2 Å². The minimum absolute atomic E-state index is 0.0853. The Labute approximate surface area is 110 Å². The van der Waals surface area contributed by atoms with Crippen LogP contribution in [-0.4, -0.2) is 38.3 Å². The molecule has 2 N–H and O–H groups in total. The fourth-order valence-corrected chi connectivity index (χ4v) is 2.50. The number of rotatable bonds is 8. The number of aryl methyl sites for hydroxylation is 1. The zero-order valence-corrected chi connectivity index (χ0v) is 12.2. The largest absolute Gasteiger partial charge is 0.329 e. The van der Waals surface area contributed by atoms with E-state index in [1.807, 2.05) is 11.7 Å². The molecule has 0 saturated heterocycles. The average molecular weight is 253 g/mol. The van der Waals surface area contributed by atoms with Gasteiger partial charge in [-0.05, 0) is 25.8 Å². The van der Waals surface area contributed by atoms with Crippen LogP contribution in [0.25, 0.3) is 0 Å². The molecule has 1 heterocycles. The summed E-state index contributed by atoms with van der Waals surface area (Å²) in [6, 6.07) is 0. The highest BCUT2D eigenvalue weighted by Gasteiger charge is 2.32. The predicted octanol–water partition coefficient (Wildman–Crippen LogP) is 1.54. The van der Waals surface area contributed by atoms with E-state index in [0.29, 0.717) is 6.54 Å². The summed E-state index contributed by atoms with van der Waals surface area (Å²) >= 11 is 0. The van der Waals surface area contributed by atoms with Crippen molar-refractivity contribution in [2.45, 2.75) is 52.1 Å². The van der Waals surface area contributed by atoms with Gasteiger partial charge >= 0.3 is 0 Å². The van der Waals surface area contributed by atoms with E-state index in [1.54, 1.807) is 6.33 Å². The second-order valence-corrected chi connectivity index (χ2v) is 4.86. The van der Waals surface area contributed by atoms with E-state index < -0.39 is 0 Å². The van der Waals surface area contributed by atoms with Crippen LogP contribution in [0.3, 0.4) is 0 Å². The van der Waals surface area contributed by atoms with E-state index in [4.69, 9.17) is 5.73 Å². The summed E-state index contributed by atoms with van der Waals surface area (Å²) in [5.74, 6) is 1.00. The summed E-state index contributed by atoms with van der Waals surface area (Å²) in [6.07, 6.45) is 4.87. The summed E-state index contributed by atoms with van der Waals surface area (Å²) in [6.45, 7) is 9.20. The summed E-state index contributed by atoms with van der Waals surface area (Å²) in [4.78, 5) is 6.79. The van der Waals surface area contributed by atoms with Gasteiger partial charge in [0.2, 0.25) is 0 Å². The van der Waals surface area contributed by atoms with Crippen molar-refractivity contribution in [1.29, 1.82) is 0 Å². The molecule has 0 amide bonds. The summed E-state index contributed by atoms with van der Waals surface area (Å²) in [5, 5.41) is 4.14. The maximum atomic E-state index is 6.04. The molecule has 18 heavy (non-hydrogen) atoms. The highest BCUT2D eigenvalue weighted by Crippen LogP contribution is 2.24. The van der Waals surface area contributed by atoms with Crippen molar-refractivity contribution in [3.63, 3.8) is 0 Å². The smallest absolute Gasteiger partial charge is 0.140 e. The van der Waals surface area contributed by atoms with Crippen LogP contribution in [-0.2, 0) is 13.6 Å². The fourth-order valence-electron chi connectivity index (χ4n) is 2.50. The van der Waals surface area contributed by atoms with Crippen LogP contribution >= 0.6 is 0 Å². The van der Waals surface area contributed by atoms with Gasteiger partial charge in [0.25, 0.3) is 0 Å². The summed E-state index contributed by atoms with van der Waals surface area (Å²) in [5.41, 5.74) is 6.13. The Bertz CT molecular complexity index is 335. The lowest BCUT2D eigenvalue weighted by Gasteiger charge is -2.42. The Morgan fingerprint density at radius 1 is 1.33 bits per heavy atom. The lowest BCUT2D eigenvalue weighted by atomic mass is 9.90. The van der Waals surface area contributed by atoms with Crippen LogP contribution in [0.2, 0.25) is 0 Å². The van der Waals surface area contributed by atoms with Crippen molar-refractivity contribution in [2.24, 2.45) is 12.8 Å². The van der Waals surface area contributed by atoms with E-state index in [1.165, 1.54) is 0 Å². The molecule has 0 aromatic carbocycles. The topological polar surface area (TPSA) is 60.0 Å². The first-order valence-electron chi connectivity index (χ1n) is 6.91. The Morgan fingerprint density at radius 2 is 2.00 bits per heavy atom. The van der Waals surface area contributed by atoms with E-state index in [2.05, 4.69) is 35.8 Å². The van der Waals surface area contributed by atoms with Gasteiger partial charge in [-0.2, -0.15) is 5.10 Å². The number of hydrogen-bond acceptors (Lipinski definition) is 4. The maximum Gasteiger partial charge on any atom is 0.140 e. The second-order valence-electron chi connectivity index (χ2n) is 4.86. The molecule has 0 saturated carbocycles. The van der Waals surface area contributed by atoms with Gasteiger partial charge in [0.05, 0.1) is 6.54 Å². The molecule has 104 valence electrons.